The summed E-state index contributed by atoms with van der Waals surface area (Å²) in [6.45, 7) is 8.64. The number of rotatable bonds is 9. The third kappa shape index (κ3) is 8.22. The summed E-state index contributed by atoms with van der Waals surface area (Å²) in [5, 5.41) is 6.93. The van der Waals surface area contributed by atoms with Gasteiger partial charge in [0.05, 0.1) is 0 Å². The number of likely N-dealkylation sites (N-methyl/N-ethyl adjacent to an activating group) is 1. The zero-order chi connectivity index (χ0) is 17.9. The van der Waals surface area contributed by atoms with Crippen LogP contribution in [0.25, 0.3) is 0 Å². The van der Waals surface area contributed by atoms with Gasteiger partial charge in [0.25, 0.3) is 0 Å². The van der Waals surface area contributed by atoms with E-state index in [-0.39, 0.29) is 24.0 Å². The number of nitrogens with one attached hydrogen (secondary N) is 2. The number of benzene rings is 1. The van der Waals surface area contributed by atoms with Gasteiger partial charge in [0.15, 0.2) is 5.96 Å². The Morgan fingerprint density at radius 1 is 1.27 bits per heavy atom. The number of nitrogens with zero attached hydrogens (tertiary/aromatic N) is 3. The number of guanidine groups is 1. The maximum atomic E-state index is 4.35. The Hall–Kier alpha value is -0.860. The lowest BCUT2D eigenvalue weighted by atomic mass is 10.2. The lowest BCUT2D eigenvalue weighted by molar-refractivity contribution is 0.267. The normalized spacial score (nSPS) is 18.0. The van der Waals surface area contributed by atoms with E-state index in [1.54, 1.807) is 0 Å². The zero-order valence-corrected chi connectivity index (χ0v) is 18.9. The molecule has 0 saturated carbocycles. The molecular weight excluding hydrogens is 437 g/mol. The molecule has 26 heavy (non-hydrogen) atoms. The largest absolute Gasteiger partial charge is 0.356 e. The highest BCUT2D eigenvalue weighted by Crippen LogP contribution is 2.15. The molecule has 1 aromatic carbocycles. The van der Waals surface area contributed by atoms with Gasteiger partial charge < -0.3 is 15.5 Å². The van der Waals surface area contributed by atoms with Gasteiger partial charge in [-0.05, 0) is 51.5 Å². The molecule has 0 amide bonds. The van der Waals surface area contributed by atoms with Gasteiger partial charge in [-0.3, -0.25) is 9.89 Å². The van der Waals surface area contributed by atoms with Gasteiger partial charge in [0.1, 0.15) is 0 Å². The Labute approximate surface area is 176 Å². The first-order valence-electron chi connectivity index (χ1n) is 9.64. The van der Waals surface area contributed by atoms with Crippen LogP contribution in [0.4, 0.5) is 0 Å². The van der Waals surface area contributed by atoms with Crippen molar-refractivity contribution in [3.05, 3.63) is 35.9 Å². The second-order valence-electron chi connectivity index (χ2n) is 6.88. The molecule has 1 saturated heterocycles. The fraction of sp³-hybridized carbons (Fsp3) is 0.650. The average Bonchev–Trinajstić information content (AvgIpc) is 3.09. The highest BCUT2D eigenvalue weighted by atomic mass is 127. The maximum Gasteiger partial charge on any atom is 0.191 e. The second-order valence-corrected chi connectivity index (χ2v) is 6.88. The monoisotopic (exact) mass is 473 g/mol. The minimum Gasteiger partial charge on any atom is -0.356 e. The lowest BCUT2D eigenvalue weighted by Crippen LogP contribution is -2.45. The molecule has 0 bridgehead atoms. The molecule has 6 heteroatoms. The second kappa shape index (κ2) is 13.3. The first-order valence-corrected chi connectivity index (χ1v) is 9.64. The van der Waals surface area contributed by atoms with E-state index in [2.05, 4.69) is 69.7 Å². The molecule has 1 atom stereocenters. The summed E-state index contributed by atoms with van der Waals surface area (Å²) in [6, 6.07) is 11.3. The molecular formula is C20H36IN5. The van der Waals surface area contributed by atoms with Gasteiger partial charge in [-0.2, -0.15) is 0 Å². The lowest BCUT2D eigenvalue weighted by Gasteiger charge is -2.24. The Bertz CT molecular complexity index is 508. The SMILES string of the molecule is CCN1CCCC1CNC(=NC)NCCCN(C)Cc1ccccc1.I. The molecule has 1 aromatic rings. The maximum absolute atomic E-state index is 4.35. The van der Waals surface area contributed by atoms with Crippen LogP contribution < -0.4 is 10.6 Å². The van der Waals surface area contributed by atoms with Crippen LogP contribution in [-0.4, -0.2) is 68.6 Å². The van der Waals surface area contributed by atoms with Crippen LogP contribution in [0.5, 0.6) is 0 Å². The number of hydrogen-bond donors (Lipinski definition) is 2. The molecule has 1 aliphatic rings. The fourth-order valence-electron chi connectivity index (χ4n) is 3.51. The molecule has 1 unspecified atom stereocenters. The van der Waals surface area contributed by atoms with E-state index in [9.17, 15) is 0 Å². The van der Waals surface area contributed by atoms with Crippen molar-refractivity contribution in [3.8, 4) is 0 Å². The van der Waals surface area contributed by atoms with Gasteiger partial charge in [-0.25, -0.2) is 0 Å². The number of halogens is 1. The predicted molar refractivity (Wildman–Crippen MR) is 122 cm³/mol. The van der Waals surface area contributed by atoms with E-state index in [4.69, 9.17) is 0 Å². The summed E-state index contributed by atoms with van der Waals surface area (Å²) < 4.78 is 0. The van der Waals surface area contributed by atoms with E-state index in [0.717, 1.165) is 45.1 Å². The van der Waals surface area contributed by atoms with Crippen molar-refractivity contribution in [2.24, 2.45) is 4.99 Å². The summed E-state index contributed by atoms with van der Waals surface area (Å²) in [6.07, 6.45) is 3.72. The molecule has 2 rings (SSSR count). The Balaban J connectivity index is 0.00000338. The van der Waals surface area contributed by atoms with Crippen LogP contribution in [0, 0.1) is 0 Å². The van der Waals surface area contributed by atoms with E-state index in [1.807, 2.05) is 7.05 Å². The third-order valence-electron chi connectivity index (χ3n) is 4.94. The zero-order valence-electron chi connectivity index (χ0n) is 16.6. The average molecular weight is 473 g/mol. The van der Waals surface area contributed by atoms with Gasteiger partial charge in [-0.1, -0.05) is 37.3 Å². The summed E-state index contributed by atoms with van der Waals surface area (Å²) in [7, 11) is 4.03. The molecule has 0 radical (unpaired) electrons. The minimum absolute atomic E-state index is 0. The van der Waals surface area contributed by atoms with E-state index in [1.165, 1.54) is 24.9 Å². The molecule has 1 aliphatic heterocycles. The smallest absolute Gasteiger partial charge is 0.191 e. The van der Waals surface area contributed by atoms with Gasteiger partial charge in [-0.15, -0.1) is 24.0 Å². The first-order chi connectivity index (χ1) is 12.2. The van der Waals surface area contributed by atoms with Crippen LogP contribution in [0.1, 0.15) is 31.7 Å². The molecule has 0 aliphatic carbocycles. The number of hydrogen-bond acceptors (Lipinski definition) is 3. The molecule has 2 N–H and O–H groups in total. The topological polar surface area (TPSA) is 42.9 Å². The summed E-state index contributed by atoms with van der Waals surface area (Å²) in [5.41, 5.74) is 1.37. The van der Waals surface area contributed by atoms with Crippen LogP contribution in [-0.2, 0) is 6.54 Å². The van der Waals surface area contributed by atoms with E-state index >= 15 is 0 Å². The highest BCUT2D eigenvalue weighted by Gasteiger charge is 2.22. The predicted octanol–water partition coefficient (Wildman–Crippen LogP) is 2.78. The van der Waals surface area contributed by atoms with E-state index in [0.29, 0.717) is 6.04 Å². The van der Waals surface area contributed by atoms with Crippen molar-refractivity contribution in [1.82, 2.24) is 20.4 Å². The molecule has 148 valence electrons. The number of aliphatic imine (C=N–C) groups is 1. The summed E-state index contributed by atoms with van der Waals surface area (Å²) in [4.78, 5) is 9.27. The van der Waals surface area contributed by atoms with Crippen molar-refractivity contribution in [2.45, 2.75) is 38.8 Å². The standard InChI is InChI=1S/C20H35N5.HI/c1-4-25-15-8-12-19(25)16-23-20(21-2)22-13-9-14-24(3)17-18-10-6-5-7-11-18;/h5-7,10-11,19H,4,8-9,12-17H2,1-3H3,(H2,21,22,23);1H. The van der Waals surface area contributed by atoms with Gasteiger partial charge in [0, 0.05) is 32.7 Å². The van der Waals surface area contributed by atoms with Crippen LogP contribution in [0.3, 0.4) is 0 Å². The van der Waals surface area contributed by atoms with Crippen LogP contribution in [0.15, 0.2) is 35.3 Å². The summed E-state index contributed by atoms with van der Waals surface area (Å²) >= 11 is 0. The Morgan fingerprint density at radius 3 is 2.73 bits per heavy atom. The van der Waals surface area contributed by atoms with Crippen molar-refractivity contribution in [3.63, 3.8) is 0 Å². The first kappa shape index (κ1) is 23.2. The Morgan fingerprint density at radius 2 is 2.04 bits per heavy atom. The van der Waals surface area contributed by atoms with Crippen LogP contribution in [0.2, 0.25) is 0 Å². The fourth-order valence-corrected chi connectivity index (χ4v) is 3.51. The minimum atomic E-state index is 0. The third-order valence-corrected chi connectivity index (χ3v) is 4.94. The van der Waals surface area contributed by atoms with Crippen LogP contribution >= 0.6 is 24.0 Å². The number of likely N-dealkylation sites (tertiary alicyclic amines) is 1. The van der Waals surface area contributed by atoms with Gasteiger partial charge >= 0.3 is 0 Å². The molecule has 0 aromatic heterocycles. The van der Waals surface area contributed by atoms with Crippen molar-refractivity contribution in [1.29, 1.82) is 0 Å². The highest BCUT2D eigenvalue weighted by molar-refractivity contribution is 14.0. The molecule has 1 heterocycles. The van der Waals surface area contributed by atoms with Crippen molar-refractivity contribution >= 4 is 29.9 Å². The Kier molecular flexibility index (Phi) is 11.9. The quantitative estimate of drug-likeness (QED) is 0.251. The van der Waals surface area contributed by atoms with Gasteiger partial charge in [0.2, 0.25) is 0 Å². The van der Waals surface area contributed by atoms with E-state index < -0.39 is 0 Å². The summed E-state index contributed by atoms with van der Waals surface area (Å²) in [5.74, 6) is 0.925. The molecule has 1 fully saturated rings. The van der Waals surface area contributed by atoms with Crippen molar-refractivity contribution in [2.75, 3.05) is 46.8 Å². The molecule has 0 spiro atoms. The molecule has 5 nitrogen and oxygen atoms in total. The van der Waals surface area contributed by atoms with Crippen molar-refractivity contribution < 1.29 is 0 Å².